The van der Waals surface area contributed by atoms with Crippen molar-refractivity contribution in [3.63, 3.8) is 0 Å². The smallest absolute Gasteiger partial charge is 0.326 e. The second-order valence-corrected chi connectivity index (χ2v) is 15.2. The first-order chi connectivity index (χ1) is 29.6. The second-order valence-electron chi connectivity index (χ2n) is 14.2. The summed E-state index contributed by atoms with van der Waals surface area (Å²) in [5, 5.41) is 34.7. The van der Waals surface area contributed by atoms with Crippen LogP contribution in [0.25, 0.3) is 0 Å². The van der Waals surface area contributed by atoms with Crippen molar-refractivity contribution in [3.8, 4) is 5.75 Å². The van der Waals surface area contributed by atoms with Gasteiger partial charge in [0.1, 0.15) is 29.9 Å². The van der Waals surface area contributed by atoms with Crippen LogP contribution in [-0.2, 0) is 52.8 Å². The van der Waals surface area contributed by atoms with Gasteiger partial charge in [0.2, 0.25) is 35.4 Å². The first-order valence-electron chi connectivity index (χ1n) is 19.8. The lowest BCUT2D eigenvalue weighted by Crippen LogP contribution is -2.58. The van der Waals surface area contributed by atoms with E-state index in [0.29, 0.717) is 22.4 Å². The fourth-order valence-electron chi connectivity index (χ4n) is 5.97. The Labute approximate surface area is 363 Å². The highest BCUT2D eigenvalue weighted by molar-refractivity contribution is 7.98. The van der Waals surface area contributed by atoms with Gasteiger partial charge >= 0.3 is 5.97 Å². The summed E-state index contributed by atoms with van der Waals surface area (Å²) in [6, 6.07) is 17.7. The number of phenolic OH excluding ortho intramolecular Hbond substituents is 1. The third kappa shape index (κ3) is 18.7. The van der Waals surface area contributed by atoms with Gasteiger partial charge in [0.05, 0.1) is 19.1 Å². The van der Waals surface area contributed by atoms with Crippen molar-refractivity contribution in [3.05, 3.63) is 102 Å². The van der Waals surface area contributed by atoms with E-state index >= 15 is 0 Å². The number of benzene rings is 3. The van der Waals surface area contributed by atoms with E-state index in [1.165, 1.54) is 23.9 Å². The monoisotopic (exact) mass is 876 g/mol. The molecule has 6 amide bonds. The van der Waals surface area contributed by atoms with Gasteiger partial charge in [-0.05, 0) is 66.5 Å². The Kier molecular flexibility index (Phi) is 21.3. The molecule has 0 unspecified atom stereocenters. The Morgan fingerprint density at radius 2 is 1.11 bits per heavy atom. The van der Waals surface area contributed by atoms with Crippen molar-refractivity contribution in [2.24, 2.45) is 22.2 Å². The van der Waals surface area contributed by atoms with Crippen LogP contribution < -0.4 is 49.1 Å². The van der Waals surface area contributed by atoms with E-state index in [-0.39, 0.29) is 56.8 Å². The Morgan fingerprint density at radius 1 is 0.613 bits per heavy atom. The fourth-order valence-corrected chi connectivity index (χ4v) is 6.44. The number of carboxylic acids is 1. The number of carbonyl (C=O) groups is 7. The molecule has 0 radical (unpaired) electrons. The molecular weight excluding hydrogens is 821 g/mol. The van der Waals surface area contributed by atoms with E-state index in [2.05, 4.69) is 36.9 Å². The number of rotatable bonds is 26. The predicted octanol–water partition coefficient (Wildman–Crippen LogP) is -1.19. The molecule has 5 atom stereocenters. The first-order valence-corrected chi connectivity index (χ1v) is 21.2. The number of aromatic hydroxyl groups is 1. The average molecular weight is 877 g/mol. The number of aliphatic imine (C=N–C) groups is 1. The lowest BCUT2D eigenvalue weighted by Gasteiger charge is -2.26. The Hall–Kier alpha value is -6.67. The molecule has 3 aromatic rings. The highest BCUT2D eigenvalue weighted by Gasteiger charge is 2.31. The quantitative estimate of drug-likeness (QED) is 0.0257. The van der Waals surface area contributed by atoms with Gasteiger partial charge in [0, 0.05) is 19.4 Å². The molecule has 0 aromatic heterocycles. The van der Waals surface area contributed by atoms with Crippen LogP contribution in [0.1, 0.15) is 36.0 Å². The standard InChI is InChI=1S/C42H56N10O9S/c1-62-20-18-32(39(58)50-31(13-8-19-46-42(44)45)38(57)52-34(41(60)61)23-27-11-6-3-7-12-27)51-40(59)33(22-26-9-4-2-5-10-26)49-36(55)25-47-35(54)24-48-37(56)30(43)21-28-14-16-29(53)17-15-28/h2-7,9-12,14-17,30-34,53H,8,13,18-25,43H2,1H3,(H,47,54)(H,48,56)(H,49,55)(H,50,58)(H,51,59)(H,52,57)(H,60,61)(H4,44,45,46)/t30-,31-,32-,33-,34-/m0/s1. The third-order valence-corrected chi connectivity index (χ3v) is 9.90. The van der Waals surface area contributed by atoms with Gasteiger partial charge in [-0.15, -0.1) is 0 Å². The van der Waals surface area contributed by atoms with Crippen molar-refractivity contribution in [2.45, 2.75) is 68.7 Å². The SMILES string of the molecule is CSCC[C@H](NC(=O)[C@H](Cc1ccccc1)NC(=O)CNC(=O)CNC(=O)[C@@H](N)Cc1ccc(O)cc1)C(=O)N[C@@H](CCCN=C(N)N)C(=O)N[C@@H](Cc1ccccc1)C(=O)O. The molecule has 0 bridgehead atoms. The molecule has 62 heavy (non-hydrogen) atoms. The molecule has 0 saturated carbocycles. The number of nitrogens with zero attached hydrogens (tertiary/aromatic N) is 1. The molecule has 0 saturated heterocycles. The van der Waals surface area contributed by atoms with Crippen molar-refractivity contribution in [2.75, 3.05) is 31.6 Å². The molecule has 3 rings (SSSR count). The van der Waals surface area contributed by atoms with Crippen LogP contribution in [0.15, 0.2) is 89.9 Å². The summed E-state index contributed by atoms with van der Waals surface area (Å²) in [5.74, 6) is -5.25. The normalized spacial score (nSPS) is 13.1. The number of carboxylic acid groups (broad SMARTS) is 1. The molecule has 0 heterocycles. The predicted molar refractivity (Wildman–Crippen MR) is 234 cm³/mol. The van der Waals surface area contributed by atoms with Gasteiger partial charge in [0.15, 0.2) is 5.96 Å². The first kappa shape index (κ1) is 49.7. The van der Waals surface area contributed by atoms with E-state index in [9.17, 15) is 43.8 Å². The van der Waals surface area contributed by atoms with Gasteiger partial charge in [-0.1, -0.05) is 72.8 Å². The molecule has 20 heteroatoms. The number of phenols is 1. The van der Waals surface area contributed by atoms with E-state index in [1.54, 1.807) is 79.1 Å². The number of hydrogen-bond donors (Lipinski definition) is 11. The molecule has 14 N–H and O–H groups in total. The number of carbonyl (C=O) groups excluding carboxylic acids is 6. The van der Waals surface area contributed by atoms with E-state index in [1.807, 2.05) is 0 Å². The molecular formula is C42H56N10O9S. The molecule has 0 fully saturated rings. The number of nitrogens with two attached hydrogens (primary N) is 3. The molecule has 0 aliphatic heterocycles. The minimum absolute atomic E-state index is 0.00597. The van der Waals surface area contributed by atoms with Crippen LogP contribution in [0.3, 0.4) is 0 Å². The molecule has 0 aliphatic rings. The van der Waals surface area contributed by atoms with Crippen LogP contribution in [0.4, 0.5) is 0 Å². The number of amides is 6. The van der Waals surface area contributed by atoms with Crippen LogP contribution in [0.5, 0.6) is 5.75 Å². The van der Waals surface area contributed by atoms with Crippen LogP contribution >= 0.6 is 11.8 Å². The van der Waals surface area contributed by atoms with Gasteiger partial charge in [0.25, 0.3) is 0 Å². The summed E-state index contributed by atoms with van der Waals surface area (Å²) in [7, 11) is 0. The lowest BCUT2D eigenvalue weighted by molar-refractivity contribution is -0.142. The lowest BCUT2D eigenvalue weighted by atomic mass is 10.0. The van der Waals surface area contributed by atoms with Crippen LogP contribution in [0.2, 0.25) is 0 Å². The maximum Gasteiger partial charge on any atom is 0.326 e. The van der Waals surface area contributed by atoms with E-state index in [0.717, 1.165) is 0 Å². The van der Waals surface area contributed by atoms with Crippen molar-refractivity contribution in [1.29, 1.82) is 0 Å². The van der Waals surface area contributed by atoms with Gasteiger partial charge in [-0.25, -0.2) is 4.79 Å². The van der Waals surface area contributed by atoms with Crippen molar-refractivity contribution < 1.29 is 43.8 Å². The summed E-state index contributed by atoms with van der Waals surface area (Å²) in [6.07, 6.45) is 2.32. The number of guanidine groups is 1. The minimum atomic E-state index is -1.32. The summed E-state index contributed by atoms with van der Waals surface area (Å²) in [4.78, 5) is 95.7. The molecule has 0 aliphatic carbocycles. The molecule has 334 valence electrons. The highest BCUT2D eigenvalue weighted by atomic mass is 32.2. The van der Waals surface area contributed by atoms with Crippen molar-refractivity contribution >= 4 is 59.1 Å². The zero-order chi connectivity index (χ0) is 45.4. The molecule has 0 spiro atoms. The summed E-state index contributed by atoms with van der Waals surface area (Å²) >= 11 is 1.40. The number of hydrogen-bond acceptors (Lipinski definition) is 11. The van der Waals surface area contributed by atoms with Crippen LogP contribution in [-0.4, -0.2) is 119 Å². The topological polar surface area (TPSA) is 323 Å². The maximum absolute atomic E-state index is 13.9. The fraction of sp³-hybridized carbons (Fsp3) is 0.381. The summed E-state index contributed by atoms with van der Waals surface area (Å²) in [5.41, 5.74) is 18.9. The third-order valence-electron chi connectivity index (χ3n) is 9.25. The van der Waals surface area contributed by atoms with Crippen LogP contribution in [0, 0.1) is 0 Å². The Balaban J connectivity index is 1.69. The zero-order valence-corrected chi connectivity index (χ0v) is 35.2. The highest BCUT2D eigenvalue weighted by Crippen LogP contribution is 2.12. The van der Waals surface area contributed by atoms with E-state index < -0.39 is 84.7 Å². The zero-order valence-electron chi connectivity index (χ0n) is 34.4. The Morgan fingerprint density at radius 3 is 1.66 bits per heavy atom. The average Bonchev–Trinajstić information content (AvgIpc) is 3.25. The summed E-state index contributed by atoms with van der Waals surface area (Å²) in [6.45, 7) is -0.915. The maximum atomic E-state index is 13.9. The largest absolute Gasteiger partial charge is 0.508 e. The van der Waals surface area contributed by atoms with E-state index in [4.69, 9.17) is 17.2 Å². The number of nitrogens with one attached hydrogen (secondary N) is 6. The second kappa shape index (κ2) is 26.5. The van der Waals surface area contributed by atoms with Gasteiger partial charge < -0.3 is 59.3 Å². The molecule has 19 nitrogen and oxygen atoms in total. The number of thioether (sulfide) groups is 1. The minimum Gasteiger partial charge on any atom is -0.508 e. The summed E-state index contributed by atoms with van der Waals surface area (Å²) < 4.78 is 0. The Bertz CT molecular complexity index is 1970. The van der Waals surface area contributed by atoms with Gasteiger partial charge in [-0.3, -0.25) is 33.8 Å². The number of aliphatic carboxylic acids is 1. The van der Waals surface area contributed by atoms with Crippen molar-refractivity contribution in [1.82, 2.24) is 31.9 Å². The molecule has 3 aromatic carbocycles. The van der Waals surface area contributed by atoms with Gasteiger partial charge in [-0.2, -0.15) is 11.8 Å².